The molecule has 0 aliphatic rings. The fraction of sp³-hybridized carbons (Fsp3) is 0.917. The summed E-state index contributed by atoms with van der Waals surface area (Å²) in [5.41, 5.74) is 5.29. The van der Waals surface area contributed by atoms with Crippen molar-refractivity contribution in [2.75, 3.05) is 19.7 Å². The summed E-state index contributed by atoms with van der Waals surface area (Å²) < 4.78 is 5.36. The number of nitrogens with two attached hydrogens (primary N) is 1. The zero-order chi connectivity index (χ0) is 12.6. The first-order valence-corrected chi connectivity index (χ1v) is 6.16. The Kier molecular flexibility index (Phi) is 7.34. The van der Waals surface area contributed by atoms with Crippen LogP contribution in [-0.4, -0.2) is 31.7 Å². The minimum atomic E-state index is -0.411. The van der Waals surface area contributed by atoms with Gasteiger partial charge in [-0.25, -0.2) is 0 Å². The number of carbonyl (C=O) groups excluding carboxylic acids is 1. The van der Waals surface area contributed by atoms with E-state index in [1.54, 1.807) is 0 Å². The molecule has 0 aliphatic heterocycles. The van der Waals surface area contributed by atoms with E-state index in [1.807, 2.05) is 27.7 Å². The van der Waals surface area contributed by atoms with Gasteiger partial charge in [0.25, 0.3) is 0 Å². The summed E-state index contributed by atoms with van der Waals surface area (Å²) in [5, 5.41) is 2.92. The van der Waals surface area contributed by atoms with Crippen molar-refractivity contribution in [2.45, 2.75) is 46.6 Å². The van der Waals surface area contributed by atoms with Crippen LogP contribution in [0.1, 0.15) is 40.5 Å². The second-order valence-electron chi connectivity index (χ2n) is 4.17. The second-order valence-corrected chi connectivity index (χ2v) is 4.17. The van der Waals surface area contributed by atoms with E-state index in [-0.39, 0.29) is 12.0 Å². The van der Waals surface area contributed by atoms with Gasteiger partial charge in [0.05, 0.1) is 11.5 Å². The van der Waals surface area contributed by atoms with Crippen LogP contribution < -0.4 is 11.1 Å². The van der Waals surface area contributed by atoms with Crippen molar-refractivity contribution in [1.82, 2.24) is 5.32 Å². The third-order valence-electron chi connectivity index (χ3n) is 3.23. The van der Waals surface area contributed by atoms with Crippen molar-refractivity contribution in [3.63, 3.8) is 0 Å². The topological polar surface area (TPSA) is 64.3 Å². The molecule has 0 aromatic carbocycles. The molecular formula is C12H26N2O2. The van der Waals surface area contributed by atoms with Gasteiger partial charge < -0.3 is 15.8 Å². The van der Waals surface area contributed by atoms with E-state index in [0.717, 1.165) is 12.8 Å². The Balaban J connectivity index is 4.21. The number of carbonyl (C=O) groups is 1. The van der Waals surface area contributed by atoms with Gasteiger partial charge in [0, 0.05) is 19.7 Å². The maximum atomic E-state index is 12.0. The molecule has 0 radical (unpaired) electrons. The molecule has 4 nitrogen and oxygen atoms in total. The lowest BCUT2D eigenvalue weighted by Crippen LogP contribution is -2.47. The Bertz CT molecular complexity index is 195. The van der Waals surface area contributed by atoms with E-state index in [9.17, 15) is 4.79 Å². The van der Waals surface area contributed by atoms with E-state index in [4.69, 9.17) is 10.5 Å². The van der Waals surface area contributed by atoms with Gasteiger partial charge in [-0.05, 0) is 26.7 Å². The van der Waals surface area contributed by atoms with Crippen LogP contribution in [-0.2, 0) is 9.53 Å². The first-order chi connectivity index (χ1) is 7.56. The molecule has 3 N–H and O–H groups in total. The van der Waals surface area contributed by atoms with Crippen LogP contribution in [0.25, 0.3) is 0 Å². The highest BCUT2D eigenvalue weighted by molar-refractivity contribution is 5.82. The summed E-state index contributed by atoms with van der Waals surface area (Å²) in [6, 6.07) is 0. The van der Waals surface area contributed by atoms with Crippen molar-refractivity contribution in [3.05, 3.63) is 0 Å². The zero-order valence-corrected chi connectivity index (χ0v) is 11.0. The fourth-order valence-electron chi connectivity index (χ4n) is 1.72. The first kappa shape index (κ1) is 15.4. The van der Waals surface area contributed by atoms with E-state index in [0.29, 0.717) is 19.7 Å². The predicted octanol–water partition coefficient (Wildman–Crippen LogP) is 1.29. The van der Waals surface area contributed by atoms with Gasteiger partial charge >= 0.3 is 0 Å². The van der Waals surface area contributed by atoms with Crippen LogP contribution in [0.5, 0.6) is 0 Å². The highest BCUT2D eigenvalue weighted by atomic mass is 16.5. The lowest BCUT2D eigenvalue weighted by atomic mass is 9.81. The average molecular weight is 230 g/mol. The second kappa shape index (κ2) is 7.63. The minimum absolute atomic E-state index is 0.0477. The minimum Gasteiger partial charge on any atom is -0.377 e. The Hall–Kier alpha value is -0.610. The molecule has 0 aromatic rings. The number of amides is 1. The summed E-state index contributed by atoms with van der Waals surface area (Å²) in [5.74, 6) is 0.0477. The third-order valence-corrected chi connectivity index (χ3v) is 3.23. The molecule has 1 amide bonds. The van der Waals surface area contributed by atoms with Gasteiger partial charge in [-0.15, -0.1) is 0 Å². The molecule has 0 aliphatic carbocycles. The Morgan fingerprint density at radius 2 is 1.94 bits per heavy atom. The van der Waals surface area contributed by atoms with Crippen LogP contribution in [0.15, 0.2) is 0 Å². The number of ether oxygens (including phenoxy) is 1. The monoisotopic (exact) mass is 230 g/mol. The lowest BCUT2D eigenvalue weighted by Gasteiger charge is -2.29. The molecule has 96 valence electrons. The van der Waals surface area contributed by atoms with Gasteiger partial charge in [-0.3, -0.25) is 4.79 Å². The van der Waals surface area contributed by atoms with Crippen molar-refractivity contribution in [1.29, 1.82) is 0 Å². The standard InChI is InChI=1S/C12H26N2O2/c1-5-12(6-2,9-13)11(15)14-8-10(4)16-7-3/h10H,5-9,13H2,1-4H3,(H,14,15). The summed E-state index contributed by atoms with van der Waals surface area (Å²) in [4.78, 5) is 12.0. The van der Waals surface area contributed by atoms with Crippen LogP contribution in [0.2, 0.25) is 0 Å². The average Bonchev–Trinajstić information content (AvgIpc) is 2.30. The highest BCUT2D eigenvalue weighted by Gasteiger charge is 2.33. The normalized spacial score (nSPS) is 13.6. The van der Waals surface area contributed by atoms with Gasteiger partial charge in [0.2, 0.25) is 5.91 Å². The van der Waals surface area contributed by atoms with Crippen molar-refractivity contribution in [3.8, 4) is 0 Å². The Morgan fingerprint density at radius 1 is 1.38 bits per heavy atom. The Labute approximate surface area is 98.9 Å². The van der Waals surface area contributed by atoms with Gasteiger partial charge in [-0.1, -0.05) is 13.8 Å². The molecule has 0 saturated heterocycles. The van der Waals surface area contributed by atoms with Crippen LogP contribution in [0.4, 0.5) is 0 Å². The third kappa shape index (κ3) is 4.10. The summed E-state index contributed by atoms with van der Waals surface area (Å²) in [7, 11) is 0. The number of hydrogen-bond donors (Lipinski definition) is 2. The molecule has 4 heteroatoms. The molecule has 0 heterocycles. The smallest absolute Gasteiger partial charge is 0.227 e. The molecule has 0 aromatic heterocycles. The molecular weight excluding hydrogens is 204 g/mol. The van der Waals surface area contributed by atoms with Gasteiger partial charge in [0.1, 0.15) is 0 Å². The van der Waals surface area contributed by atoms with E-state index < -0.39 is 5.41 Å². The molecule has 0 rings (SSSR count). The number of rotatable bonds is 8. The quantitative estimate of drug-likeness (QED) is 0.660. The van der Waals surface area contributed by atoms with Gasteiger partial charge in [-0.2, -0.15) is 0 Å². The Morgan fingerprint density at radius 3 is 2.31 bits per heavy atom. The zero-order valence-electron chi connectivity index (χ0n) is 11.0. The van der Waals surface area contributed by atoms with Crippen LogP contribution >= 0.6 is 0 Å². The fourth-order valence-corrected chi connectivity index (χ4v) is 1.72. The molecule has 1 atom stereocenters. The van der Waals surface area contributed by atoms with E-state index in [1.165, 1.54) is 0 Å². The SMILES string of the molecule is CCOC(C)CNC(=O)C(CC)(CC)CN. The van der Waals surface area contributed by atoms with E-state index >= 15 is 0 Å². The van der Waals surface area contributed by atoms with Crippen molar-refractivity contribution < 1.29 is 9.53 Å². The molecule has 0 fully saturated rings. The molecule has 0 spiro atoms. The molecule has 0 saturated carbocycles. The first-order valence-electron chi connectivity index (χ1n) is 6.16. The van der Waals surface area contributed by atoms with Crippen LogP contribution in [0, 0.1) is 5.41 Å². The summed E-state index contributed by atoms with van der Waals surface area (Å²) in [6.45, 7) is 9.51. The number of hydrogen-bond acceptors (Lipinski definition) is 3. The maximum Gasteiger partial charge on any atom is 0.227 e. The van der Waals surface area contributed by atoms with E-state index in [2.05, 4.69) is 5.32 Å². The van der Waals surface area contributed by atoms with Crippen molar-refractivity contribution in [2.24, 2.45) is 11.1 Å². The molecule has 0 bridgehead atoms. The highest BCUT2D eigenvalue weighted by Crippen LogP contribution is 2.24. The number of nitrogens with one attached hydrogen (secondary N) is 1. The molecule has 16 heavy (non-hydrogen) atoms. The predicted molar refractivity (Wildman–Crippen MR) is 66.2 cm³/mol. The van der Waals surface area contributed by atoms with Crippen LogP contribution in [0.3, 0.4) is 0 Å². The van der Waals surface area contributed by atoms with Crippen molar-refractivity contribution >= 4 is 5.91 Å². The largest absolute Gasteiger partial charge is 0.377 e. The summed E-state index contributed by atoms with van der Waals surface area (Å²) in [6.07, 6.45) is 1.60. The summed E-state index contributed by atoms with van der Waals surface area (Å²) >= 11 is 0. The lowest BCUT2D eigenvalue weighted by molar-refractivity contribution is -0.131. The maximum absolute atomic E-state index is 12.0. The molecule has 1 unspecified atom stereocenters. The van der Waals surface area contributed by atoms with Gasteiger partial charge in [0.15, 0.2) is 0 Å².